The Balaban J connectivity index is 1.55. The Morgan fingerprint density at radius 3 is 2.68 bits per heavy atom. The van der Waals surface area contributed by atoms with Crippen molar-refractivity contribution in [3.05, 3.63) is 106 Å². The fourth-order valence-corrected chi connectivity index (χ4v) is 5.76. The molecule has 0 unspecified atom stereocenters. The lowest BCUT2D eigenvalue weighted by Crippen LogP contribution is -2.40. The molecule has 1 amide bonds. The topological polar surface area (TPSA) is 62.2 Å². The van der Waals surface area contributed by atoms with E-state index in [1.165, 1.54) is 22.3 Å². The summed E-state index contributed by atoms with van der Waals surface area (Å²) in [6.07, 6.45) is 9.29. The van der Waals surface area contributed by atoms with Crippen molar-refractivity contribution in [2.24, 2.45) is 0 Å². The van der Waals surface area contributed by atoms with Crippen molar-refractivity contribution in [2.75, 3.05) is 5.32 Å². The number of nitrogens with zero attached hydrogens (tertiary/aromatic N) is 1. The number of fused-ring (bicyclic) bond motifs is 3. The summed E-state index contributed by atoms with van der Waals surface area (Å²) in [6.45, 7) is 3.82. The highest BCUT2D eigenvalue weighted by molar-refractivity contribution is 6.04. The number of anilines is 1. The van der Waals surface area contributed by atoms with Crippen LogP contribution >= 0.6 is 0 Å². The minimum Gasteiger partial charge on any atom is -0.386 e. The van der Waals surface area contributed by atoms with Gasteiger partial charge in [-0.1, -0.05) is 48.0 Å². The molecule has 2 aromatic carbocycles. The van der Waals surface area contributed by atoms with E-state index in [0.29, 0.717) is 5.56 Å². The molecule has 0 spiro atoms. The van der Waals surface area contributed by atoms with E-state index in [9.17, 15) is 9.90 Å². The molecule has 2 N–H and O–H groups in total. The van der Waals surface area contributed by atoms with Crippen molar-refractivity contribution >= 4 is 11.6 Å². The van der Waals surface area contributed by atoms with Gasteiger partial charge in [-0.3, -0.25) is 9.78 Å². The number of amides is 1. The Labute approximate surface area is 201 Å². The van der Waals surface area contributed by atoms with Gasteiger partial charge in [0.25, 0.3) is 5.91 Å². The number of nitrogens with one attached hydrogen (secondary N) is 1. The van der Waals surface area contributed by atoms with Gasteiger partial charge in [-0.25, -0.2) is 0 Å². The molecule has 4 heteroatoms. The lowest BCUT2D eigenvalue weighted by Gasteiger charge is -2.44. The number of benzene rings is 2. The Kier molecular flexibility index (Phi) is 5.86. The van der Waals surface area contributed by atoms with Crippen molar-refractivity contribution in [3.63, 3.8) is 0 Å². The first-order valence-electron chi connectivity index (χ1n) is 12.2. The first-order valence-corrected chi connectivity index (χ1v) is 12.2. The maximum Gasteiger partial charge on any atom is 0.255 e. The Morgan fingerprint density at radius 2 is 1.88 bits per heavy atom. The van der Waals surface area contributed by atoms with Crippen LogP contribution < -0.4 is 5.32 Å². The Morgan fingerprint density at radius 1 is 1.06 bits per heavy atom. The maximum absolute atomic E-state index is 13.1. The van der Waals surface area contributed by atoms with E-state index < -0.39 is 5.60 Å². The molecular formula is C30H32N2O2. The van der Waals surface area contributed by atoms with E-state index in [1.54, 1.807) is 6.20 Å². The van der Waals surface area contributed by atoms with Gasteiger partial charge in [-0.2, -0.15) is 0 Å². The molecule has 3 aromatic rings. The van der Waals surface area contributed by atoms with Gasteiger partial charge in [0.2, 0.25) is 0 Å². The van der Waals surface area contributed by atoms with Crippen molar-refractivity contribution < 1.29 is 9.90 Å². The number of allylic oxidation sites excluding steroid dienone is 1. The van der Waals surface area contributed by atoms with E-state index >= 15 is 0 Å². The average Bonchev–Trinajstić information content (AvgIpc) is 2.97. The zero-order valence-electron chi connectivity index (χ0n) is 20.0. The van der Waals surface area contributed by atoms with Crippen LogP contribution in [0.2, 0.25) is 0 Å². The third kappa shape index (κ3) is 4.30. The van der Waals surface area contributed by atoms with E-state index in [2.05, 4.69) is 58.8 Å². The van der Waals surface area contributed by atoms with Gasteiger partial charge in [0, 0.05) is 17.2 Å². The molecule has 2 aliphatic carbocycles. The second-order valence-electron chi connectivity index (χ2n) is 10.1. The summed E-state index contributed by atoms with van der Waals surface area (Å²) in [5.41, 5.74) is 6.50. The lowest BCUT2D eigenvalue weighted by molar-refractivity contribution is 0.0799. The fourth-order valence-electron chi connectivity index (χ4n) is 5.76. The molecule has 174 valence electrons. The van der Waals surface area contributed by atoms with Gasteiger partial charge in [-0.15, -0.1) is 0 Å². The molecule has 1 heterocycles. The SMILES string of the molecule is Cc1ncccc1NC(=O)c1ccc2c(c1)CCCC1=C[C@@](C)(O)CC[C@@]12Cc1ccccc1. The lowest BCUT2D eigenvalue weighted by atomic mass is 9.61. The standard InChI is InChI=1S/C30H32N2O2/c1-21-27(12-7-17-31-21)32-28(33)24-13-14-26-23(18-24)10-6-11-25-20-29(2,34)15-16-30(25,26)19-22-8-4-3-5-9-22/h3-5,7-9,12-14,17-18,20,34H,6,10-11,15-16,19H2,1-2H3,(H,32,33)/t29-,30+/m0/s1. The summed E-state index contributed by atoms with van der Waals surface area (Å²) < 4.78 is 0. The summed E-state index contributed by atoms with van der Waals surface area (Å²) in [6, 6.07) is 20.6. The highest BCUT2D eigenvalue weighted by atomic mass is 16.3. The predicted molar refractivity (Wildman–Crippen MR) is 136 cm³/mol. The number of aromatic nitrogens is 1. The molecule has 5 rings (SSSR count). The van der Waals surface area contributed by atoms with Gasteiger partial charge < -0.3 is 10.4 Å². The van der Waals surface area contributed by atoms with Crippen LogP contribution in [0.4, 0.5) is 5.69 Å². The number of pyridine rings is 1. The van der Waals surface area contributed by atoms with E-state index in [4.69, 9.17) is 0 Å². The zero-order chi connectivity index (χ0) is 23.8. The van der Waals surface area contributed by atoms with Crippen LogP contribution in [0.3, 0.4) is 0 Å². The number of aryl methyl sites for hydroxylation is 2. The van der Waals surface area contributed by atoms with Gasteiger partial charge in [-0.05, 0) is 93.3 Å². The molecular weight excluding hydrogens is 420 g/mol. The van der Waals surface area contributed by atoms with Crippen LogP contribution in [0.15, 0.2) is 78.5 Å². The van der Waals surface area contributed by atoms with Crippen LogP contribution in [0, 0.1) is 6.92 Å². The molecule has 0 saturated heterocycles. The van der Waals surface area contributed by atoms with Crippen molar-refractivity contribution in [1.82, 2.24) is 4.98 Å². The van der Waals surface area contributed by atoms with E-state index in [1.807, 2.05) is 32.0 Å². The fraction of sp³-hybridized carbons (Fsp3) is 0.333. The molecule has 2 atom stereocenters. The molecule has 0 aliphatic heterocycles. The van der Waals surface area contributed by atoms with Gasteiger partial charge in [0.05, 0.1) is 17.0 Å². The second-order valence-corrected chi connectivity index (χ2v) is 10.1. The van der Waals surface area contributed by atoms with Crippen LogP contribution in [-0.4, -0.2) is 21.6 Å². The summed E-state index contributed by atoms with van der Waals surface area (Å²) in [7, 11) is 0. The first-order chi connectivity index (χ1) is 16.4. The minimum absolute atomic E-state index is 0.109. The molecule has 0 bridgehead atoms. The van der Waals surface area contributed by atoms with E-state index in [-0.39, 0.29) is 11.3 Å². The molecule has 1 aromatic heterocycles. The van der Waals surface area contributed by atoms with Crippen LogP contribution in [0.5, 0.6) is 0 Å². The predicted octanol–water partition coefficient (Wildman–Crippen LogP) is 5.93. The number of carbonyl (C=O) groups is 1. The minimum atomic E-state index is -0.762. The molecule has 4 nitrogen and oxygen atoms in total. The van der Waals surface area contributed by atoms with Crippen molar-refractivity contribution in [1.29, 1.82) is 0 Å². The summed E-state index contributed by atoms with van der Waals surface area (Å²) in [5, 5.41) is 13.9. The van der Waals surface area contributed by atoms with E-state index in [0.717, 1.165) is 49.9 Å². The first kappa shape index (κ1) is 22.5. The monoisotopic (exact) mass is 452 g/mol. The Bertz CT molecular complexity index is 1250. The molecule has 2 aliphatic rings. The number of carbonyl (C=O) groups excluding carboxylic acids is 1. The van der Waals surface area contributed by atoms with Crippen LogP contribution in [0.25, 0.3) is 0 Å². The summed E-state index contributed by atoms with van der Waals surface area (Å²) >= 11 is 0. The summed E-state index contributed by atoms with van der Waals surface area (Å²) in [4.78, 5) is 17.4. The van der Waals surface area contributed by atoms with Gasteiger partial charge >= 0.3 is 0 Å². The van der Waals surface area contributed by atoms with Gasteiger partial charge in [0.1, 0.15) is 0 Å². The van der Waals surface area contributed by atoms with Crippen molar-refractivity contribution in [3.8, 4) is 0 Å². The Hall–Kier alpha value is -3.24. The van der Waals surface area contributed by atoms with Crippen molar-refractivity contribution in [2.45, 2.75) is 63.4 Å². The number of aliphatic hydroxyl groups is 1. The molecule has 0 radical (unpaired) electrons. The number of hydrogen-bond donors (Lipinski definition) is 2. The normalized spacial score (nSPS) is 23.8. The smallest absolute Gasteiger partial charge is 0.255 e. The average molecular weight is 453 g/mol. The number of hydrogen-bond acceptors (Lipinski definition) is 3. The number of rotatable bonds is 4. The van der Waals surface area contributed by atoms with Crippen LogP contribution in [0.1, 0.15) is 65.3 Å². The van der Waals surface area contributed by atoms with Crippen LogP contribution in [-0.2, 0) is 18.3 Å². The highest BCUT2D eigenvalue weighted by Crippen LogP contribution is 2.50. The molecule has 0 saturated carbocycles. The largest absolute Gasteiger partial charge is 0.386 e. The quantitative estimate of drug-likeness (QED) is 0.482. The summed E-state index contributed by atoms with van der Waals surface area (Å²) in [5.74, 6) is -0.109. The second kappa shape index (κ2) is 8.84. The molecule has 0 fully saturated rings. The molecule has 34 heavy (non-hydrogen) atoms. The van der Waals surface area contributed by atoms with Gasteiger partial charge in [0.15, 0.2) is 0 Å². The third-order valence-electron chi connectivity index (χ3n) is 7.54. The highest BCUT2D eigenvalue weighted by Gasteiger charge is 2.44. The maximum atomic E-state index is 13.1. The zero-order valence-corrected chi connectivity index (χ0v) is 20.0. The third-order valence-corrected chi connectivity index (χ3v) is 7.54.